The van der Waals surface area contributed by atoms with Crippen LogP contribution in [0.25, 0.3) is 0 Å². The number of aliphatic hydroxyl groups excluding tert-OH is 1. The third-order valence-electron chi connectivity index (χ3n) is 1.87. The molecule has 1 aliphatic rings. The Morgan fingerprint density at radius 1 is 1.41 bits per heavy atom. The van der Waals surface area contributed by atoms with Crippen LogP contribution in [-0.2, 0) is 0 Å². The molecule has 0 bridgehead atoms. The van der Waals surface area contributed by atoms with Crippen LogP contribution >= 0.6 is 12.2 Å². The van der Waals surface area contributed by atoms with E-state index in [1.807, 2.05) is 29.3 Å². The van der Waals surface area contributed by atoms with E-state index in [9.17, 15) is 13.2 Å². The SMILES string of the molecule is FC(F)F.OCC1C=CC=CN1CCN=C=S. The minimum absolute atomic E-state index is 0.0744. The van der Waals surface area contributed by atoms with E-state index in [2.05, 4.69) is 22.4 Å². The van der Waals surface area contributed by atoms with Gasteiger partial charge >= 0.3 is 6.68 Å². The van der Waals surface area contributed by atoms with Crippen molar-refractivity contribution in [3.8, 4) is 0 Å². The van der Waals surface area contributed by atoms with Gasteiger partial charge in [-0.2, -0.15) is 13.2 Å². The largest absolute Gasteiger partial charge is 0.394 e. The number of nitrogens with zero attached hydrogens (tertiary/aromatic N) is 2. The van der Waals surface area contributed by atoms with Gasteiger partial charge in [0.25, 0.3) is 0 Å². The van der Waals surface area contributed by atoms with Gasteiger partial charge in [-0.05, 0) is 24.5 Å². The zero-order chi connectivity index (χ0) is 13.1. The van der Waals surface area contributed by atoms with Gasteiger partial charge in [-0.25, -0.2) is 4.99 Å². The monoisotopic (exact) mass is 266 g/mol. The number of halogens is 3. The van der Waals surface area contributed by atoms with E-state index in [1.165, 1.54) is 0 Å². The summed E-state index contributed by atoms with van der Waals surface area (Å²) in [4.78, 5) is 5.84. The molecule has 0 aromatic carbocycles. The van der Waals surface area contributed by atoms with Gasteiger partial charge in [0.05, 0.1) is 24.4 Å². The first kappa shape index (κ1) is 15.8. The Morgan fingerprint density at radius 2 is 2.06 bits per heavy atom. The van der Waals surface area contributed by atoms with E-state index in [-0.39, 0.29) is 12.6 Å². The molecule has 0 spiro atoms. The molecule has 0 saturated carbocycles. The van der Waals surface area contributed by atoms with Gasteiger partial charge in [-0.1, -0.05) is 12.2 Å². The van der Waals surface area contributed by atoms with Crippen molar-refractivity contribution in [1.82, 2.24) is 4.90 Å². The molecule has 96 valence electrons. The summed E-state index contributed by atoms with van der Waals surface area (Å²) in [7, 11) is 0. The first-order valence-electron chi connectivity index (χ1n) is 4.79. The minimum Gasteiger partial charge on any atom is -0.394 e. The van der Waals surface area contributed by atoms with Gasteiger partial charge in [-0.3, -0.25) is 0 Å². The quantitative estimate of drug-likeness (QED) is 0.624. The van der Waals surface area contributed by atoms with Crippen LogP contribution in [0.5, 0.6) is 0 Å². The summed E-state index contributed by atoms with van der Waals surface area (Å²) in [6.07, 6.45) is 7.77. The summed E-state index contributed by atoms with van der Waals surface area (Å²) >= 11 is 4.46. The van der Waals surface area contributed by atoms with Gasteiger partial charge < -0.3 is 10.0 Å². The van der Waals surface area contributed by atoms with Crippen molar-refractivity contribution in [1.29, 1.82) is 0 Å². The summed E-state index contributed by atoms with van der Waals surface area (Å²) in [6.45, 7) is -2.16. The van der Waals surface area contributed by atoms with Crippen LogP contribution < -0.4 is 0 Å². The highest BCUT2D eigenvalue weighted by molar-refractivity contribution is 7.78. The molecule has 1 unspecified atom stereocenters. The molecule has 1 heterocycles. The molecule has 1 rings (SSSR count). The topological polar surface area (TPSA) is 35.8 Å². The number of aliphatic imine (C=N–C) groups is 1. The van der Waals surface area contributed by atoms with Crippen LogP contribution in [0.1, 0.15) is 0 Å². The van der Waals surface area contributed by atoms with Crippen molar-refractivity contribution in [3.63, 3.8) is 0 Å². The Morgan fingerprint density at radius 3 is 2.59 bits per heavy atom. The zero-order valence-electron chi connectivity index (χ0n) is 8.97. The zero-order valence-corrected chi connectivity index (χ0v) is 9.79. The molecule has 17 heavy (non-hydrogen) atoms. The van der Waals surface area contributed by atoms with Gasteiger partial charge in [0.15, 0.2) is 0 Å². The molecule has 0 radical (unpaired) electrons. The molecule has 1 atom stereocenters. The lowest BCUT2D eigenvalue weighted by molar-refractivity contribution is 0.00819. The van der Waals surface area contributed by atoms with Crippen LogP contribution in [0.3, 0.4) is 0 Å². The lowest BCUT2D eigenvalue weighted by Crippen LogP contribution is -2.35. The number of alkyl halides is 3. The van der Waals surface area contributed by atoms with Crippen LogP contribution in [0, 0.1) is 0 Å². The highest BCUT2D eigenvalue weighted by Crippen LogP contribution is 2.06. The fraction of sp³-hybridized carbons (Fsp3) is 0.500. The van der Waals surface area contributed by atoms with E-state index < -0.39 is 6.68 Å². The third-order valence-corrected chi connectivity index (χ3v) is 2.00. The number of hydrogen-bond donors (Lipinski definition) is 1. The fourth-order valence-electron chi connectivity index (χ4n) is 1.19. The van der Waals surface area contributed by atoms with Crippen molar-refractivity contribution < 1.29 is 18.3 Å². The predicted molar refractivity (Wildman–Crippen MR) is 62.9 cm³/mol. The molecular formula is C10H13F3N2OS. The fourth-order valence-corrected chi connectivity index (χ4v) is 1.28. The first-order chi connectivity index (χ1) is 8.11. The second kappa shape index (κ2) is 10.0. The summed E-state index contributed by atoms with van der Waals surface area (Å²) in [5, 5.41) is 11.3. The van der Waals surface area contributed by atoms with Crippen molar-refractivity contribution >= 4 is 17.4 Å². The average molecular weight is 266 g/mol. The third kappa shape index (κ3) is 8.62. The Hall–Kier alpha value is -1.17. The Kier molecular flexibility index (Phi) is 9.33. The van der Waals surface area contributed by atoms with E-state index in [1.54, 1.807) is 0 Å². The highest BCUT2D eigenvalue weighted by atomic mass is 32.1. The van der Waals surface area contributed by atoms with Gasteiger partial charge in [0, 0.05) is 6.54 Å². The number of isothiocyanates is 1. The molecule has 1 aliphatic heterocycles. The van der Waals surface area contributed by atoms with Gasteiger partial charge in [0.2, 0.25) is 0 Å². The Labute approximate surface area is 103 Å². The second-order valence-corrected chi connectivity index (χ2v) is 3.12. The van der Waals surface area contributed by atoms with Gasteiger partial charge in [0.1, 0.15) is 0 Å². The maximum atomic E-state index is 9.67. The molecule has 1 N–H and O–H groups in total. The second-order valence-electron chi connectivity index (χ2n) is 2.93. The molecule has 0 aliphatic carbocycles. The number of hydrogen-bond acceptors (Lipinski definition) is 4. The molecule has 0 amide bonds. The summed E-state index contributed by atoms with van der Waals surface area (Å²) in [5.41, 5.74) is 0. The highest BCUT2D eigenvalue weighted by Gasteiger charge is 2.11. The van der Waals surface area contributed by atoms with Crippen LogP contribution in [0.2, 0.25) is 0 Å². The standard InChI is InChI=1S/C9H12N2OS.CHF3/c12-7-9-3-1-2-5-11(9)6-4-10-8-13;2-1(3)4/h1-3,5,9,12H,4,6-7H2;1H. The predicted octanol–water partition coefficient (Wildman–Crippen LogP) is 2.01. The molecule has 0 aromatic heterocycles. The Balaban J connectivity index is 0.000000557. The molecule has 0 fully saturated rings. The summed E-state index contributed by atoms with van der Waals surface area (Å²) in [5.74, 6) is 0. The van der Waals surface area contributed by atoms with E-state index in [0.717, 1.165) is 6.54 Å². The number of rotatable bonds is 4. The lowest BCUT2D eigenvalue weighted by Gasteiger charge is -2.28. The van der Waals surface area contributed by atoms with Crippen LogP contribution in [0.15, 0.2) is 29.4 Å². The Bertz CT molecular complexity index is 301. The smallest absolute Gasteiger partial charge is 0.379 e. The summed E-state index contributed by atoms with van der Waals surface area (Å²) < 4.78 is 29.0. The van der Waals surface area contributed by atoms with Gasteiger partial charge in [-0.15, -0.1) is 0 Å². The van der Waals surface area contributed by atoms with E-state index in [0.29, 0.717) is 6.54 Å². The van der Waals surface area contributed by atoms with Crippen molar-refractivity contribution in [2.75, 3.05) is 19.7 Å². The maximum Gasteiger partial charge on any atom is 0.379 e. The number of aliphatic hydroxyl groups is 1. The maximum absolute atomic E-state index is 9.67. The summed E-state index contributed by atoms with van der Waals surface area (Å²) in [6, 6.07) is 0.0744. The lowest BCUT2D eigenvalue weighted by atomic mass is 10.2. The molecular weight excluding hydrogens is 253 g/mol. The van der Waals surface area contributed by atoms with Crippen LogP contribution in [-0.4, -0.2) is 47.6 Å². The van der Waals surface area contributed by atoms with Crippen molar-refractivity contribution in [2.45, 2.75) is 12.7 Å². The van der Waals surface area contributed by atoms with Crippen molar-refractivity contribution in [3.05, 3.63) is 24.4 Å². The van der Waals surface area contributed by atoms with E-state index in [4.69, 9.17) is 5.11 Å². The molecule has 3 nitrogen and oxygen atoms in total. The number of thiocarbonyl (C=S) groups is 1. The van der Waals surface area contributed by atoms with Crippen LogP contribution in [0.4, 0.5) is 13.2 Å². The molecule has 0 aromatic rings. The molecule has 0 saturated heterocycles. The van der Waals surface area contributed by atoms with E-state index >= 15 is 0 Å². The number of allylic oxidation sites excluding steroid dienone is 2. The first-order valence-corrected chi connectivity index (χ1v) is 5.20. The van der Waals surface area contributed by atoms with Crippen molar-refractivity contribution in [2.24, 2.45) is 4.99 Å². The molecule has 7 heteroatoms. The normalized spacial score (nSPS) is 17.5. The minimum atomic E-state index is -3.67. The average Bonchev–Trinajstić information content (AvgIpc) is 2.29.